The van der Waals surface area contributed by atoms with Gasteiger partial charge in [-0.25, -0.2) is 0 Å². The van der Waals surface area contributed by atoms with E-state index in [4.69, 9.17) is 4.74 Å². The van der Waals surface area contributed by atoms with Crippen LogP contribution in [0.5, 0.6) is 0 Å². The second-order valence-corrected chi connectivity index (χ2v) is 5.51. The van der Waals surface area contributed by atoms with E-state index in [0.717, 1.165) is 44.5 Å². The second-order valence-electron chi connectivity index (χ2n) is 5.51. The molecule has 0 spiro atoms. The number of esters is 1. The predicted octanol–water partition coefficient (Wildman–Crippen LogP) is 2.33. The number of carbonyl (C=O) groups is 1. The van der Waals surface area contributed by atoms with Crippen LogP contribution in [0.4, 0.5) is 0 Å². The van der Waals surface area contributed by atoms with Crippen LogP contribution in [0.3, 0.4) is 0 Å². The summed E-state index contributed by atoms with van der Waals surface area (Å²) < 4.78 is 6.99. The standard InChI is InChI=1S/C16H29N3O2/c1-6-13-12-14(7-2)19(18-13)11-9-10-16(4,17-8-3)15(20)21-5/h12,17H,6-11H2,1-5H3. The summed E-state index contributed by atoms with van der Waals surface area (Å²) in [5.41, 5.74) is 1.78. The van der Waals surface area contributed by atoms with Gasteiger partial charge in [-0.3, -0.25) is 9.48 Å². The third kappa shape index (κ3) is 4.56. The van der Waals surface area contributed by atoms with Crippen molar-refractivity contribution in [3.8, 4) is 0 Å². The summed E-state index contributed by atoms with van der Waals surface area (Å²) in [6.45, 7) is 9.74. The maximum Gasteiger partial charge on any atom is 0.325 e. The van der Waals surface area contributed by atoms with E-state index in [1.165, 1.54) is 12.8 Å². The van der Waals surface area contributed by atoms with Crippen LogP contribution < -0.4 is 5.32 Å². The molecule has 1 heterocycles. The minimum Gasteiger partial charge on any atom is -0.468 e. The molecule has 0 fully saturated rings. The van der Waals surface area contributed by atoms with Crippen LogP contribution in [-0.2, 0) is 28.9 Å². The molecule has 120 valence electrons. The molecule has 0 radical (unpaired) electrons. The number of likely N-dealkylation sites (N-methyl/N-ethyl adjacent to an activating group) is 1. The van der Waals surface area contributed by atoms with Crippen LogP contribution in [0.2, 0.25) is 0 Å². The largest absolute Gasteiger partial charge is 0.468 e. The van der Waals surface area contributed by atoms with Gasteiger partial charge in [0.05, 0.1) is 12.8 Å². The van der Waals surface area contributed by atoms with Crippen molar-refractivity contribution in [1.82, 2.24) is 15.1 Å². The minimum absolute atomic E-state index is 0.199. The summed E-state index contributed by atoms with van der Waals surface area (Å²) in [6.07, 6.45) is 3.56. The molecule has 1 aromatic heterocycles. The lowest BCUT2D eigenvalue weighted by Gasteiger charge is -2.27. The first-order chi connectivity index (χ1) is 10.0. The Morgan fingerprint density at radius 1 is 1.38 bits per heavy atom. The molecule has 0 aliphatic rings. The molecule has 0 aliphatic heterocycles. The SMILES string of the molecule is CCNC(C)(CCCn1nc(CC)cc1CC)C(=O)OC. The van der Waals surface area contributed by atoms with Gasteiger partial charge in [0.25, 0.3) is 0 Å². The molecule has 5 nitrogen and oxygen atoms in total. The van der Waals surface area contributed by atoms with E-state index in [0.29, 0.717) is 0 Å². The number of hydrogen-bond acceptors (Lipinski definition) is 4. The summed E-state index contributed by atoms with van der Waals surface area (Å²) >= 11 is 0. The van der Waals surface area contributed by atoms with Crippen LogP contribution in [0.1, 0.15) is 51.9 Å². The smallest absolute Gasteiger partial charge is 0.325 e. The van der Waals surface area contributed by atoms with E-state index in [9.17, 15) is 4.79 Å². The number of nitrogens with zero attached hydrogens (tertiary/aromatic N) is 2. The Morgan fingerprint density at radius 3 is 2.62 bits per heavy atom. The number of hydrogen-bond donors (Lipinski definition) is 1. The van der Waals surface area contributed by atoms with Gasteiger partial charge >= 0.3 is 5.97 Å². The van der Waals surface area contributed by atoms with Crippen molar-refractivity contribution in [3.05, 3.63) is 17.5 Å². The highest BCUT2D eigenvalue weighted by molar-refractivity contribution is 5.80. The Labute approximate surface area is 128 Å². The topological polar surface area (TPSA) is 56.2 Å². The summed E-state index contributed by atoms with van der Waals surface area (Å²) in [4.78, 5) is 11.9. The number of methoxy groups -OCH3 is 1. The maximum atomic E-state index is 11.9. The fourth-order valence-corrected chi connectivity index (χ4v) is 2.63. The van der Waals surface area contributed by atoms with E-state index in [1.54, 1.807) is 0 Å². The zero-order valence-electron chi connectivity index (χ0n) is 14.0. The van der Waals surface area contributed by atoms with Crippen molar-refractivity contribution in [3.63, 3.8) is 0 Å². The Kier molecular flexibility index (Phi) is 6.89. The summed E-state index contributed by atoms with van der Waals surface area (Å²) in [7, 11) is 1.44. The molecule has 0 amide bonds. The lowest BCUT2D eigenvalue weighted by Crippen LogP contribution is -2.50. The van der Waals surface area contributed by atoms with Crippen molar-refractivity contribution in [1.29, 1.82) is 0 Å². The highest BCUT2D eigenvalue weighted by atomic mass is 16.5. The molecular formula is C16H29N3O2. The molecule has 1 atom stereocenters. The fraction of sp³-hybridized carbons (Fsp3) is 0.750. The normalized spacial score (nSPS) is 14.0. The Morgan fingerprint density at radius 2 is 2.10 bits per heavy atom. The molecule has 1 unspecified atom stereocenters. The quantitative estimate of drug-likeness (QED) is 0.710. The van der Waals surface area contributed by atoms with Gasteiger partial charge in [-0.15, -0.1) is 0 Å². The Bertz CT molecular complexity index is 456. The molecule has 1 N–H and O–H groups in total. The van der Waals surface area contributed by atoms with Crippen LogP contribution in [0.25, 0.3) is 0 Å². The summed E-state index contributed by atoms with van der Waals surface area (Å²) in [5, 5.41) is 7.85. The first-order valence-electron chi connectivity index (χ1n) is 7.89. The molecule has 0 aromatic carbocycles. The molecule has 0 saturated heterocycles. The second kappa shape index (κ2) is 8.17. The molecule has 1 aromatic rings. The van der Waals surface area contributed by atoms with E-state index in [1.807, 2.05) is 13.8 Å². The van der Waals surface area contributed by atoms with Crippen LogP contribution in [0.15, 0.2) is 6.07 Å². The van der Waals surface area contributed by atoms with Gasteiger partial charge in [0.15, 0.2) is 0 Å². The van der Waals surface area contributed by atoms with Gasteiger partial charge in [0.1, 0.15) is 5.54 Å². The van der Waals surface area contributed by atoms with E-state index in [2.05, 4.69) is 35.0 Å². The van der Waals surface area contributed by atoms with Gasteiger partial charge in [-0.2, -0.15) is 5.10 Å². The fourth-order valence-electron chi connectivity index (χ4n) is 2.63. The third-order valence-corrected chi connectivity index (χ3v) is 3.89. The van der Waals surface area contributed by atoms with Crippen molar-refractivity contribution in [2.24, 2.45) is 0 Å². The average molecular weight is 295 g/mol. The monoisotopic (exact) mass is 295 g/mol. The lowest BCUT2D eigenvalue weighted by atomic mass is 9.95. The molecule has 0 saturated carbocycles. The van der Waals surface area contributed by atoms with Gasteiger partial charge < -0.3 is 10.1 Å². The first-order valence-corrected chi connectivity index (χ1v) is 7.89. The molecule has 0 bridgehead atoms. The molecular weight excluding hydrogens is 266 g/mol. The van der Waals surface area contributed by atoms with Crippen LogP contribution in [-0.4, -0.2) is 34.9 Å². The third-order valence-electron chi connectivity index (χ3n) is 3.89. The Balaban J connectivity index is 2.65. The number of rotatable bonds is 9. The molecule has 21 heavy (non-hydrogen) atoms. The molecule has 0 aliphatic carbocycles. The van der Waals surface area contributed by atoms with Crippen LogP contribution in [0, 0.1) is 0 Å². The van der Waals surface area contributed by atoms with Gasteiger partial charge in [0.2, 0.25) is 0 Å². The minimum atomic E-state index is -0.614. The van der Waals surface area contributed by atoms with Gasteiger partial charge in [0, 0.05) is 12.2 Å². The lowest BCUT2D eigenvalue weighted by molar-refractivity contribution is -0.148. The number of ether oxygens (including phenoxy) is 1. The van der Waals surface area contributed by atoms with Crippen molar-refractivity contribution < 1.29 is 9.53 Å². The average Bonchev–Trinajstić information content (AvgIpc) is 2.89. The summed E-state index contributed by atoms with van der Waals surface area (Å²) in [5.74, 6) is -0.199. The van der Waals surface area contributed by atoms with Crippen molar-refractivity contribution in [2.45, 2.75) is 65.5 Å². The van der Waals surface area contributed by atoms with Crippen molar-refractivity contribution >= 4 is 5.97 Å². The van der Waals surface area contributed by atoms with Crippen molar-refractivity contribution in [2.75, 3.05) is 13.7 Å². The molecule has 5 heteroatoms. The van der Waals surface area contributed by atoms with E-state index >= 15 is 0 Å². The Hall–Kier alpha value is -1.36. The zero-order chi connectivity index (χ0) is 15.9. The van der Waals surface area contributed by atoms with E-state index in [-0.39, 0.29) is 5.97 Å². The number of nitrogens with one attached hydrogen (secondary N) is 1. The van der Waals surface area contributed by atoms with Gasteiger partial charge in [-0.05, 0) is 45.2 Å². The highest BCUT2D eigenvalue weighted by Gasteiger charge is 2.32. The maximum absolute atomic E-state index is 11.9. The van der Waals surface area contributed by atoms with Gasteiger partial charge in [-0.1, -0.05) is 20.8 Å². The predicted molar refractivity (Wildman–Crippen MR) is 84.3 cm³/mol. The first kappa shape index (κ1) is 17.7. The summed E-state index contributed by atoms with van der Waals surface area (Å²) in [6, 6.07) is 2.17. The highest BCUT2D eigenvalue weighted by Crippen LogP contribution is 2.16. The van der Waals surface area contributed by atoms with Crippen LogP contribution >= 0.6 is 0 Å². The zero-order valence-corrected chi connectivity index (χ0v) is 14.0. The van der Waals surface area contributed by atoms with E-state index < -0.39 is 5.54 Å². The number of aromatic nitrogens is 2. The number of carbonyl (C=O) groups excluding carboxylic acids is 1. The molecule has 1 rings (SSSR count). The number of aryl methyl sites for hydroxylation is 3.